The maximum atomic E-state index is 5.88. The molecule has 0 amide bonds. The van der Waals surface area contributed by atoms with Crippen LogP contribution in [0.25, 0.3) is 11.0 Å². The van der Waals surface area contributed by atoms with E-state index in [2.05, 4.69) is 18.0 Å². The lowest BCUT2D eigenvalue weighted by molar-refractivity contribution is 0.140. The molecule has 1 heterocycles. The maximum Gasteiger partial charge on any atom is 0.201 e. The molecule has 0 spiro atoms. The molecule has 1 aromatic carbocycles. The number of nitrogens with zero attached hydrogens (tertiary/aromatic N) is 2. The topological polar surface area (TPSA) is 53.1 Å². The molecule has 0 radical (unpaired) electrons. The number of rotatable bonds is 4. The summed E-state index contributed by atoms with van der Waals surface area (Å²) in [7, 11) is 0. The lowest BCUT2D eigenvalue weighted by Gasteiger charge is -2.06. The summed E-state index contributed by atoms with van der Waals surface area (Å²) in [6.07, 6.45) is 0. The van der Waals surface area contributed by atoms with Gasteiger partial charge in [0.05, 0.1) is 17.6 Å². The van der Waals surface area contributed by atoms with Crippen molar-refractivity contribution in [1.82, 2.24) is 9.55 Å². The number of nitrogens with two attached hydrogens (primary N) is 1. The Morgan fingerprint density at radius 2 is 2.25 bits per heavy atom. The minimum absolute atomic E-state index is 0.556. The molecule has 0 aliphatic rings. The van der Waals surface area contributed by atoms with Crippen LogP contribution >= 0.6 is 0 Å². The zero-order valence-electron chi connectivity index (χ0n) is 9.73. The van der Waals surface area contributed by atoms with Crippen molar-refractivity contribution >= 4 is 17.0 Å². The van der Waals surface area contributed by atoms with Gasteiger partial charge >= 0.3 is 0 Å². The number of nitrogen functional groups attached to an aromatic ring is 1. The summed E-state index contributed by atoms with van der Waals surface area (Å²) in [5.74, 6) is 0.556. The van der Waals surface area contributed by atoms with Crippen molar-refractivity contribution in [3.8, 4) is 0 Å². The normalized spacial score (nSPS) is 11.1. The Balaban J connectivity index is 2.34. The molecule has 0 saturated heterocycles. The third-order valence-electron chi connectivity index (χ3n) is 2.60. The summed E-state index contributed by atoms with van der Waals surface area (Å²) in [5.41, 5.74) is 9.12. The summed E-state index contributed by atoms with van der Waals surface area (Å²) < 4.78 is 7.33. The molecule has 0 atom stereocenters. The van der Waals surface area contributed by atoms with Crippen LogP contribution in [-0.4, -0.2) is 22.8 Å². The van der Waals surface area contributed by atoms with E-state index in [9.17, 15) is 0 Å². The molecule has 0 bridgehead atoms. The summed E-state index contributed by atoms with van der Waals surface area (Å²) in [6, 6.07) is 6.14. The number of anilines is 1. The monoisotopic (exact) mass is 219 g/mol. The van der Waals surface area contributed by atoms with Crippen molar-refractivity contribution in [2.45, 2.75) is 20.4 Å². The second-order valence-corrected chi connectivity index (χ2v) is 3.81. The third kappa shape index (κ3) is 2.02. The van der Waals surface area contributed by atoms with Gasteiger partial charge < -0.3 is 15.0 Å². The van der Waals surface area contributed by atoms with E-state index in [-0.39, 0.29) is 0 Å². The largest absolute Gasteiger partial charge is 0.380 e. The Labute approximate surface area is 95.0 Å². The first kappa shape index (κ1) is 11.0. The van der Waals surface area contributed by atoms with Crippen LogP contribution in [0.2, 0.25) is 0 Å². The second kappa shape index (κ2) is 4.53. The van der Waals surface area contributed by atoms with Crippen LogP contribution in [0.1, 0.15) is 12.5 Å². The minimum atomic E-state index is 0.556. The van der Waals surface area contributed by atoms with Gasteiger partial charge in [-0.3, -0.25) is 0 Å². The van der Waals surface area contributed by atoms with Crippen LogP contribution in [-0.2, 0) is 11.3 Å². The number of benzene rings is 1. The molecule has 0 aliphatic heterocycles. The van der Waals surface area contributed by atoms with Crippen LogP contribution in [0.4, 0.5) is 5.95 Å². The minimum Gasteiger partial charge on any atom is -0.380 e. The predicted molar refractivity (Wildman–Crippen MR) is 65.4 cm³/mol. The summed E-state index contributed by atoms with van der Waals surface area (Å²) >= 11 is 0. The molecule has 0 fully saturated rings. The summed E-state index contributed by atoms with van der Waals surface area (Å²) in [5, 5.41) is 0. The Morgan fingerprint density at radius 1 is 1.44 bits per heavy atom. The highest BCUT2D eigenvalue weighted by atomic mass is 16.5. The highest BCUT2D eigenvalue weighted by molar-refractivity contribution is 5.79. The van der Waals surface area contributed by atoms with Gasteiger partial charge in [0.2, 0.25) is 5.95 Å². The van der Waals surface area contributed by atoms with Crippen molar-refractivity contribution in [2.24, 2.45) is 0 Å². The molecular weight excluding hydrogens is 202 g/mol. The van der Waals surface area contributed by atoms with Crippen LogP contribution < -0.4 is 5.73 Å². The van der Waals surface area contributed by atoms with Crippen LogP contribution in [0, 0.1) is 6.92 Å². The van der Waals surface area contributed by atoms with Crippen molar-refractivity contribution in [2.75, 3.05) is 18.9 Å². The van der Waals surface area contributed by atoms with Crippen LogP contribution in [0.15, 0.2) is 18.2 Å². The summed E-state index contributed by atoms with van der Waals surface area (Å²) in [4.78, 5) is 4.32. The van der Waals surface area contributed by atoms with E-state index in [1.54, 1.807) is 0 Å². The zero-order valence-corrected chi connectivity index (χ0v) is 9.73. The SMILES string of the molecule is CCOCCn1c(N)nc2ccc(C)cc21. The fraction of sp³-hybridized carbons (Fsp3) is 0.417. The molecule has 4 heteroatoms. The van der Waals surface area contributed by atoms with Gasteiger partial charge in [-0.2, -0.15) is 0 Å². The third-order valence-corrected chi connectivity index (χ3v) is 2.60. The molecule has 2 aromatic rings. The molecule has 16 heavy (non-hydrogen) atoms. The van der Waals surface area contributed by atoms with Gasteiger partial charge in [-0.15, -0.1) is 0 Å². The molecule has 0 saturated carbocycles. The molecule has 2 N–H and O–H groups in total. The fourth-order valence-electron chi connectivity index (χ4n) is 1.79. The van der Waals surface area contributed by atoms with Gasteiger partial charge in [0, 0.05) is 13.2 Å². The van der Waals surface area contributed by atoms with Crippen LogP contribution in [0.5, 0.6) is 0 Å². The van der Waals surface area contributed by atoms with Crippen LogP contribution in [0.3, 0.4) is 0 Å². The number of aryl methyl sites for hydroxylation is 1. The van der Waals surface area contributed by atoms with Gasteiger partial charge in [0.1, 0.15) is 0 Å². The van der Waals surface area contributed by atoms with Crippen molar-refractivity contribution < 1.29 is 4.74 Å². The maximum absolute atomic E-state index is 5.88. The lowest BCUT2D eigenvalue weighted by atomic mass is 10.2. The van der Waals surface area contributed by atoms with E-state index in [1.807, 2.05) is 23.6 Å². The summed E-state index contributed by atoms with van der Waals surface area (Å²) in [6.45, 7) is 6.19. The Morgan fingerprint density at radius 3 is 3.00 bits per heavy atom. The number of aromatic nitrogens is 2. The van der Waals surface area contributed by atoms with Crippen molar-refractivity contribution in [3.05, 3.63) is 23.8 Å². The van der Waals surface area contributed by atoms with Gasteiger partial charge in [0.25, 0.3) is 0 Å². The molecule has 0 aliphatic carbocycles. The number of imidazole rings is 1. The van der Waals surface area contributed by atoms with E-state index in [0.29, 0.717) is 12.6 Å². The Hall–Kier alpha value is -1.55. The van der Waals surface area contributed by atoms with Gasteiger partial charge in [-0.25, -0.2) is 4.98 Å². The molecule has 1 aromatic heterocycles. The Bertz CT molecular complexity index is 490. The van der Waals surface area contributed by atoms with E-state index < -0.39 is 0 Å². The number of hydrogen-bond acceptors (Lipinski definition) is 3. The smallest absolute Gasteiger partial charge is 0.201 e. The van der Waals surface area contributed by atoms with Crippen molar-refractivity contribution in [3.63, 3.8) is 0 Å². The van der Waals surface area contributed by atoms with E-state index in [4.69, 9.17) is 10.5 Å². The second-order valence-electron chi connectivity index (χ2n) is 3.81. The highest BCUT2D eigenvalue weighted by Gasteiger charge is 2.07. The number of ether oxygens (including phenoxy) is 1. The number of fused-ring (bicyclic) bond motifs is 1. The van der Waals surface area contributed by atoms with Gasteiger partial charge in [-0.1, -0.05) is 6.07 Å². The Kier molecular flexibility index (Phi) is 3.10. The number of hydrogen-bond donors (Lipinski definition) is 1. The fourth-order valence-corrected chi connectivity index (χ4v) is 1.79. The van der Waals surface area contributed by atoms with Crippen molar-refractivity contribution in [1.29, 1.82) is 0 Å². The molecule has 0 unspecified atom stereocenters. The molecular formula is C12H17N3O. The highest BCUT2D eigenvalue weighted by Crippen LogP contribution is 2.18. The van der Waals surface area contributed by atoms with E-state index in [1.165, 1.54) is 5.56 Å². The van der Waals surface area contributed by atoms with Gasteiger partial charge in [0.15, 0.2) is 0 Å². The molecule has 86 valence electrons. The molecule has 2 rings (SSSR count). The average Bonchev–Trinajstić information content (AvgIpc) is 2.56. The van der Waals surface area contributed by atoms with E-state index in [0.717, 1.165) is 24.2 Å². The first-order valence-electron chi connectivity index (χ1n) is 5.52. The quantitative estimate of drug-likeness (QED) is 0.800. The first-order valence-corrected chi connectivity index (χ1v) is 5.52. The lowest BCUT2D eigenvalue weighted by Crippen LogP contribution is -2.08. The van der Waals surface area contributed by atoms with Gasteiger partial charge in [-0.05, 0) is 31.5 Å². The standard InChI is InChI=1S/C12H17N3O/c1-3-16-7-6-15-11-8-9(2)4-5-10(11)14-12(15)13/h4-5,8H,3,6-7H2,1-2H3,(H2,13,14). The first-order chi connectivity index (χ1) is 7.72. The predicted octanol–water partition coefficient (Wildman–Crippen LogP) is 1.96. The van der Waals surface area contributed by atoms with E-state index >= 15 is 0 Å². The zero-order chi connectivity index (χ0) is 11.5. The molecule has 4 nitrogen and oxygen atoms in total. The average molecular weight is 219 g/mol.